The highest BCUT2D eigenvalue weighted by molar-refractivity contribution is 7.79. The lowest BCUT2D eigenvalue weighted by Gasteiger charge is -2.05. The van der Waals surface area contributed by atoms with Crippen LogP contribution in [-0.4, -0.2) is 24.6 Å². The van der Waals surface area contributed by atoms with Crippen LogP contribution >= 0.6 is 12.6 Å². The highest BCUT2D eigenvalue weighted by Crippen LogP contribution is 2.16. The van der Waals surface area contributed by atoms with Crippen molar-refractivity contribution in [1.29, 1.82) is 0 Å². The highest BCUT2D eigenvalue weighted by Gasteiger charge is 2.06. The van der Waals surface area contributed by atoms with Gasteiger partial charge >= 0.3 is 0 Å². The average molecular weight is 409 g/mol. The Bertz CT molecular complexity index is 562. The Morgan fingerprint density at radius 1 is 1.00 bits per heavy atom. The molecule has 28 heavy (non-hydrogen) atoms. The zero-order valence-corrected chi connectivity index (χ0v) is 19.8. The van der Waals surface area contributed by atoms with Crippen LogP contribution in [0.3, 0.4) is 0 Å². The summed E-state index contributed by atoms with van der Waals surface area (Å²) in [7, 11) is 0. The topological polar surface area (TPSA) is 72.2 Å². The number of nitrogens with two attached hydrogens (primary N) is 1. The molecule has 1 rings (SSSR count). The normalized spacial score (nSPS) is 8.96. The van der Waals surface area contributed by atoms with Crippen LogP contribution in [0.4, 0.5) is 0 Å². The molecule has 5 heteroatoms. The van der Waals surface area contributed by atoms with Crippen molar-refractivity contribution in [3.05, 3.63) is 66.3 Å². The molecule has 0 aliphatic heterocycles. The lowest BCUT2D eigenvalue weighted by molar-refractivity contribution is -0.117. The van der Waals surface area contributed by atoms with Crippen molar-refractivity contribution >= 4 is 30.0 Å². The standard InChI is InChI=1S/C16H18N2O2.3C2H6.CH4S/c1-3-5-6-12(4-2)13-7-9-14(10-8-13)16(20)18-11-15(17)19;4*1-2/h3-10H,2,11H2,1H3,(H2,17,19)(H,18,20);3*1-2H3;2H,1H3/b5-3-,12-6+;;;;. The van der Waals surface area contributed by atoms with Crippen LogP contribution < -0.4 is 11.1 Å². The number of hydrogen-bond donors (Lipinski definition) is 3. The number of carbonyl (C=O) groups excluding carboxylic acids is 2. The maximum atomic E-state index is 11.7. The van der Waals surface area contributed by atoms with Gasteiger partial charge in [0.1, 0.15) is 0 Å². The van der Waals surface area contributed by atoms with E-state index in [-0.39, 0.29) is 12.5 Å². The second-order valence-corrected chi connectivity index (χ2v) is 4.08. The predicted octanol–water partition coefficient (Wildman–Crippen LogP) is 5.67. The van der Waals surface area contributed by atoms with Crippen molar-refractivity contribution in [2.45, 2.75) is 48.5 Å². The number of benzene rings is 1. The van der Waals surface area contributed by atoms with Gasteiger partial charge in [0.25, 0.3) is 5.91 Å². The third kappa shape index (κ3) is 17.2. The monoisotopic (exact) mass is 408 g/mol. The average Bonchev–Trinajstić information content (AvgIpc) is 2.78. The summed E-state index contributed by atoms with van der Waals surface area (Å²) in [6.45, 7) is 17.5. The quantitative estimate of drug-likeness (QED) is 0.419. The van der Waals surface area contributed by atoms with E-state index in [9.17, 15) is 9.59 Å². The number of allylic oxidation sites excluding steroid dienone is 5. The van der Waals surface area contributed by atoms with E-state index in [1.807, 2.05) is 78.8 Å². The Hall–Kier alpha value is -2.27. The van der Waals surface area contributed by atoms with Crippen molar-refractivity contribution in [3.63, 3.8) is 0 Å². The Balaban J connectivity index is -0.000000318. The smallest absolute Gasteiger partial charge is 0.251 e. The first-order chi connectivity index (χ1) is 13.6. The summed E-state index contributed by atoms with van der Waals surface area (Å²) in [5.74, 6) is -0.897. The Morgan fingerprint density at radius 3 is 1.79 bits per heavy atom. The van der Waals surface area contributed by atoms with Crippen LogP contribution in [0.25, 0.3) is 5.57 Å². The van der Waals surface area contributed by atoms with Crippen molar-refractivity contribution < 1.29 is 9.59 Å². The van der Waals surface area contributed by atoms with Crippen molar-refractivity contribution in [3.8, 4) is 0 Å². The molecule has 0 atom stereocenters. The maximum Gasteiger partial charge on any atom is 0.251 e. The van der Waals surface area contributed by atoms with Gasteiger partial charge in [-0.15, -0.1) is 0 Å². The summed E-state index contributed by atoms with van der Waals surface area (Å²) in [6.07, 6.45) is 9.23. The van der Waals surface area contributed by atoms with E-state index in [0.717, 1.165) is 11.1 Å². The minimum atomic E-state index is -0.571. The summed E-state index contributed by atoms with van der Waals surface area (Å²) < 4.78 is 0. The fourth-order valence-corrected chi connectivity index (χ4v) is 1.57. The van der Waals surface area contributed by atoms with Crippen LogP contribution in [0.15, 0.2) is 55.1 Å². The maximum absolute atomic E-state index is 11.7. The minimum Gasteiger partial charge on any atom is -0.368 e. The number of primary amides is 1. The second kappa shape index (κ2) is 27.0. The Kier molecular flexibility index (Phi) is 32.1. The van der Waals surface area contributed by atoms with Gasteiger partial charge in [0.15, 0.2) is 0 Å². The number of hydrogen-bond acceptors (Lipinski definition) is 3. The fraction of sp³-hybridized carbons (Fsp3) is 0.391. The third-order valence-corrected chi connectivity index (χ3v) is 2.59. The van der Waals surface area contributed by atoms with E-state index in [4.69, 9.17) is 5.73 Å². The van der Waals surface area contributed by atoms with Gasteiger partial charge in [0, 0.05) is 5.56 Å². The molecule has 2 amide bonds. The third-order valence-electron chi connectivity index (χ3n) is 2.59. The summed E-state index contributed by atoms with van der Waals surface area (Å²) in [6, 6.07) is 7.05. The summed E-state index contributed by atoms with van der Waals surface area (Å²) in [5, 5.41) is 2.44. The molecule has 0 spiro atoms. The molecule has 0 saturated carbocycles. The van der Waals surface area contributed by atoms with E-state index in [2.05, 4.69) is 24.5 Å². The van der Waals surface area contributed by atoms with Crippen molar-refractivity contribution in [2.24, 2.45) is 5.73 Å². The van der Waals surface area contributed by atoms with Gasteiger partial charge in [-0.2, -0.15) is 12.6 Å². The summed E-state index contributed by atoms with van der Waals surface area (Å²) in [5.41, 5.74) is 7.37. The number of carbonyl (C=O) groups is 2. The Labute approximate surface area is 178 Å². The number of thiol groups is 1. The molecule has 1 aromatic rings. The van der Waals surface area contributed by atoms with Crippen LogP contribution in [0.1, 0.15) is 64.4 Å². The summed E-state index contributed by atoms with van der Waals surface area (Å²) >= 11 is 3.53. The lowest BCUT2D eigenvalue weighted by Crippen LogP contribution is -2.33. The molecular formula is C23H40N2O2S. The molecule has 0 aliphatic carbocycles. The molecule has 0 bridgehead atoms. The first-order valence-corrected chi connectivity index (χ1v) is 10.5. The van der Waals surface area contributed by atoms with E-state index >= 15 is 0 Å². The molecule has 160 valence electrons. The summed E-state index contributed by atoms with van der Waals surface area (Å²) in [4.78, 5) is 22.3. The van der Waals surface area contributed by atoms with E-state index in [1.54, 1.807) is 24.5 Å². The Morgan fingerprint density at radius 2 is 1.43 bits per heavy atom. The van der Waals surface area contributed by atoms with Crippen LogP contribution in [-0.2, 0) is 4.79 Å². The van der Waals surface area contributed by atoms with Crippen LogP contribution in [0.2, 0.25) is 0 Å². The zero-order chi connectivity index (χ0) is 23.0. The first kappa shape index (κ1) is 33.3. The molecule has 0 saturated heterocycles. The number of nitrogens with one attached hydrogen (secondary N) is 1. The molecule has 0 aromatic heterocycles. The predicted molar refractivity (Wildman–Crippen MR) is 130 cm³/mol. The van der Waals surface area contributed by atoms with Gasteiger partial charge in [-0.25, -0.2) is 0 Å². The van der Waals surface area contributed by atoms with Gasteiger partial charge in [0.05, 0.1) is 6.54 Å². The molecule has 4 nitrogen and oxygen atoms in total. The van der Waals surface area contributed by atoms with Crippen LogP contribution in [0.5, 0.6) is 0 Å². The minimum absolute atomic E-state index is 0.167. The SMILES string of the molecule is C=C/C(=C\C=C/C)c1ccc(C(=O)NCC(N)=O)cc1.CC.CC.CC.CS. The molecule has 1 aromatic carbocycles. The van der Waals surface area contributed by atoms with Gasteiger partial charge in [-0.1, -0.05) is 84.6 Å². The van der Waals surface area contributed by atoms with E-state index < -0.39 is 5.91 Å². The van der Waals surface area contributed by atoms with Gasteiger partial charge < -0.3 is 11.1 Å². The van der Waals surface area contributed by atoms with Crippen molar-refractivity contribution in [1.82, 2.24) is 5.32 Å². The van der Waals surface area contributed by atoms with Gasteiger partial charge in [-0.05, 0) is 36.4 Å². The molecule has 0 unspecified atom stereocenters. The van der Waals surface area contributed by atoms with Gasteiger partial charge in [-0.3, -0.25) is 9.59 Å². The molecule has 0 radical (unpaired) electrons. The second-order valence-electron chi connectivity index (χ2n) is 4.08. The molecular weight excluding hydrogens is 368 g/mol. The first-order valence-electron chi connectivity index (χ1n) is 9.65. The highest BCUT2D eigenvalue weighted by atomic mass is 32.1. The van der Waals surface area contributed by atoms with Crippen LogP contribution in [0, 0.1) is 0 Å². The number of rotatable bonds is 6. The molecule has 0 fully saturated rings. The molecule has 0 aliphatic rings. The molecule has 0 heterocycles. The zero-order valence-electron chi connectivity index (χ0n) is 18.9. The van der Waals surface area contributed by atoms with Crippen molar-refractivity contribution in [2.75, 3.05) is 12.8 Å². The van der Waals surface area contributed by atoms with E-state index in [1.165, 1.54) is 0 Å². The number of amides is 2. The molecule has 3 N–H and O–H groups in total. The van der Waals surface area contributed by atoms with E-state index in [0.29, 0.717) is 5.56 Å². The fourth-order valence-electron chi connectivity index (χ4n) is 1.57. The largest absolute Gasteiger partial charge is 0.368 e. The lowest BCUT2D eigenvalue weighted by atomic mass is 10.0. The van der Waals surface area contributed by atoms with Gasteiger partial charge in [0.2, 0.25) is 5.91 Å².